The molecule has 0 heterocycles. The lowest BCUT2D eigenvalue weighted by Gasteiger charge is -2.34. The molecule has 0 radical (unpaired) electrons. The number of hydrogen-bond acceptors (Lipinski definition) is 1. The molecule has 1 heteroatoms. The fourth-order valence-electron chi connectivity index (χ4n) is 2.59. The monoisotopic (exact) mass is 181 g/mol. The van der Waals surface area contributed by atoms with Gasteiger partial charge in [0.15, 0.2) is 0 Å². The summed E-state index contributed by atoms with van der Waals surface area (Å²) in [5.41, 5.74) is 1.58. The number of hydrogen-bond donors (Lipinski definition) is 0. The Balaban J connectivity index is 2.63. The first-order valence-electron chi connectivity index (χ1n) is 5.32. The zero-order valence-electron chi connectivity index (χ0n) is 9.67. The second-order valence-electron chi connectivity index (χ2n) is 4.98. The third-order valence-electron chi connectivity index (χ3n) is 3.17. The summed E-state index contributed by atoms with van der Waals surface area (Å²) in [4.78, 5) is 2.31. The Morgan fingerprint density at radius 1 is 1.38 bits per heavy atom. The summed E-state index contributed by atoms with van der Waals surface area (Å²) in [6, 6.07) is 0. The maximum Gasteiger partial charge on any atom is 0.00117 e. The van der Waals surface area contributed by atoms with E-state index in [0.29, 0.717) is 0 Å². The molecule has 3 atom stereocenters. The van der Waals surface area contributed by atoms with E-state index in [1.165, 1.54) is 13.0 Å². The van der Waals surface area contributed by atoms with Gasteiger partial charge in [-0.3, -0.25) is 0 Å². The summed E-state index contributed by atoms with van der Waals surface area (Å²) >= 11 is 0. The SMILES string of the molecule is CC1=CC(C)C(CN(C)C)C(C)C1. The molecule has 0 aromatic rings. The molecule has 0 aliphatic heterocycles. The molecule has 1 aliphatic carbocycles. The van der Waals surface area contributed by atoms with Crippen molar-refractivity contribution in [2.24, 2.45) is 17.8 Å². The van der Waals surface area contributed by atoms with Gasteiger partial charge in [0.25, 0.3) is 0 Å². The summed E-state index contributed by atoms with van der Waals surface area (Å²) in [6.45, 7) is 8.24. The van der Waals surface area contributed by atoms with Gasteiger partial charge in [-0.05, 0) is 45.2 Å². The van der Waals surface area contributed by atoms with Crippen LogP contribution in [0, 0.1) is 17.8 Å². The first-order chi connectivity index (χ1) is 6.00. The Bertz CT molecular complexity index is 193. The van der Waals surface area contributed by atoms with E-state index in [1.807, 2.05) is 0 Å². The summed E-state index contributed by atoms with van der Waals surface area (Å²) in [5.74, 6) is 2.45. The molecule has 0 spiro atoms. The lowest BCUT2D eigenvalue weighted by molar-refractivity contribution is 0.204. The van der Waals surface area contributed by atoms with E-state index in [1.54, 1.807) is 5.57 Å². The van der Waals surface area contributed by atoms with Crippen LogP contribution >= 0.6 is 0 Å². The standard InChI is InChI=1S/C12H23N/c1-9-6-10(2)12(8-13(4)5)11(3)7-9/h6,10-12H,7-8H2,1-5H3. The van der Waals surface area contributed by atoms with Crippen LogP contribution in [0.4, 0.5) is 0 Å². The third kappa shape index (κ3) is 2.84. The van der Waals surface area contributed by atoms with Gasteiger partial charge in [0.1, 0.15) is 0 Å². The molecule has 0 saturated heterocycles. The third-order valence-corrected chi connectivity index (χ3v) is 3.17. The van der Waals surface area contributed by atoms with Crippen molar-refractivity contribution >= 4 is 0 Å². The van der Waals surface area contributed by atoms with Crippen LogP contribution in [0.25, 0.3) is 0 Å². The van der Waals surface area contributed by atoms with Crippen LogP contribution in [0.1, 0.15) is 27.2 Å². The lowest BCUT2D eigenvalue weighted by Crippen LogP contribution is -2.32. The van der Waals surface area contributed by atoms with Gasteiger partial charge < -0.3 is 4.90 Å². The van der Waals surface area contributed by atoms with Crippen molar-refractivity contribution in [2.75, 3.05) is 20.6 Å². The van der Waals surface area contributed by atoms with Crippen LogP contribution in [0.2, 0.25) is 0 Å². The Morgan fingerprint density at radius 3 is 2.46 bits per heavy atom. The van der Waals surface area contributed by atoms with Gasteiger partial charge in [0, 0.05) is 6.54 Å². The second-order valence-corrected chi connectivity index (χ2v) is 4.98. The first-order valence-corrected chi connectivity index (χ1v) is 5.32. The smallest absolute Gasteiger partial charge is 0.00117 e. The average Bonchev–Trinajstić information content (AvgIpc) is 1.96. The molecule has 0 aromatic heterocycles. The summed E-state index contributed by atoms with van der Waals surface area (Å²) < 4.78 is 0. The normalized spacial score (nSPS) is 34.9. The highest BCUT2D eigenvalue weighted by Gasteiger charge is 2.26. The van der Waals surface area contributed by atoms with E-state index in [4.69, 9.17) is 0 Å². The zero-order valence-corrected chi connectivity index (χ0v) is 9.67. The Hall–Kier alpha value is -0.300. The van der Waals surface area contributed by atoms with Crippen molar-refractivity contribution in [3.63, 3.8) is 0 Å². The molecule has 1 aliphatic rings. The summed E-state index contributed by atoms with van der Waals surface area (Å²) in [6.07, 6.45) is 3.75. The molecule has 1 rings (SSSR count). The van der Waals surface area contributed by atoms with Crippen molar-refractivity contribution < 1.29 is 0 Å². The molecule has 0 fully saturated rings. The second kappa shape index (κ2) is 4.28. The van der Waals surface area contributed by atoms with Crippen LogP contribution in [0.3, 0.4) is 0 Å². The fourth-order valence-corrected chi connectivity index (χ4v) is 2.59. The van der Waals surface area contributed by atoms with Crippen LogP contribution in [-0.4, -0.2) is 25.5 Å². The quantitative estimate of drug-likeness (QED) is 0.592. The maximum absolute atomic E-state index is 2.45. The molecule has 0 bridgehead atoms. The Morgan fingerprint density at radius 2 is 2.00 bits per heavy atom. The van der Waals surface area contributed by atoms with Gasteiger partial charge in [-0.25, -0.2) is 0 Å². The fraction of sp³-hybridized carbons (Fsp3) is 0.833. The average molecular weight is 181 g/mol. The summed E-state index contributed by atoms with van der Waals surface area (Å²) in [5, 5.41) is 0. The van der Waals surface area contributed by atoms with Gasteiger partial charge in [-0.2, -0.15) is 0 Å². The van der Waals surface area contributed by atoms with Crippen LogP contribution in [-0.2, 0) is 0 Å². The van der Waals surface area contributed by atoms with Gasteiger partial charge >= 0.3 is 0 Å². The van der Waals surface area contributed by atoms with Crippen LogP contribution in [0.15, 0.2) is 11.6 Å². The van der Waals surface area contributed by atoms with Crippen molar-refractivity contribution in [2.45, 2.75) is 27.2 Å². The number of rotatable bonds is 2. The lowest BCUT2D eigenvalue weighted by atomic mass is 9.75. The minimum absolute atomic E-state index is 0.756. The van der Waals surface area contributed by atoms with Gasteiger partial charge in [-0.15, -0.1) is 0 Å². The largest absolute Gasteiger partial charge is 0.309 e. The van der Waals surface area contributed by atoms with E-state index in [2.05, 4.69) is 45.8 Å². The molecule has 0 saturated carbocycles. The van der Waals surface area contributed by atoms with E-state index >= 15 is 0 Å². The van der Waals surface area contributed by atoms with Crippen molar-refractivity contribution in [3.8, 4) is 0 Å². The van der Waals surface area contributed by atoms with Crippen LogP contribution in [0.5, 0.6) is 0 Å². The van der Waals surface area contributed by atoms with Gasteiger partial charge in [-0.1, -0.05) is 25.5 Å². The predicted molar refractivity (Wildman–Crippen MR) is 58.7 cm³/mol. The van der Waals surface area contributed by atoms with E-state index in [0.717, 1.165) is 17.8 Å². The Labute approximate surface area is 82.8 Å². The highest BCUT2D eigenvalue weighted by Crippen LogP contribution is 2.33. The van der Waals surface area contributed by atoms with Crippen molar-refractivity contribution in [3.05, 3.63) is 11.6 Å². The molecular formula is C12H23N. The molecule has 0 amide bonds. The van der Waals surface area contributed by atoms with Crippen LogP contribution < -0.4 is 0 Å². The van der Waals surface area contributed by atoms with Gasteiger partial charge in [0.2, 0.25) is 0 Å². The molecule has 3 unspecified atom stereocenters. The van der Waals surface area contributed by atoms with Crippen molar-refractivity contribution in [1.82, 2.24) is 4.90 Å². The Kier molecular flexibility index (Phi) is 3.55. The number of nitrogens with zero attached hydrogens (tertiary/aromatic N) is 1. The van der Waals surface area contributed by atoms with Crippen molar-refractivity contribution in [1.29, 1.82) is 0 Å². The highest BCUT2D eigenvalue weighted by molar-refractivity contribution is 5.08. The zero-order chi connectivity index (χ0) is 10.0. The predicted octanol–water partition coefficient (Wildman–Crippen LogP) is 2.79. The molecule has 13 heavy (non-hydrogen) atoms. The van der Waals surface area contributed by atoms with E-state index < -0.39 is 0 Å². The van der Waals surface area contributed by atoms with E-state index in [-0.39, 0.29) is 0 Å². The molecule has 1 nitrogen and oxygen atoms in total. The summed E-state index contributed by atoms with van der Waals surface area (Å²) in [7, 11) is 4.34. The molecule has 0 N–H and O–H groups in total. The minimum Gasteiger partial charge on any atom is -0.309 e. The number of allylic oxidation sites excluding steroid dienone is 2. The van der Waals surface area contributed by atoms with E-state index in [9.17, 15) is 0 Å². The molecule has 0 aromatic carbocycles. The van der Waals surface area contributed by atoms with Gasteiger partial charge in [0.05, 0.1) is 0 Å². The topological polar surface area (TPSA) is 3.24 Å². The highest BCUT2D eigenvalue weighted by atomic mass is 15.1. The minimum atomic E-state index is 0.756. The molecule has 76 valence electrons. The maximum atomic E-state index is 2.45. The first kappa shape index (κ1) is 10.8. The molecular weight excluding hydrogens is 158 g/mol.